The number of carbonyl (C=O) groups excluding carboxylic acids is 1. The smallest absolute Gasteiger partial charge is 0.255 e. The highest BCUT2D eigenvalue weighted by atomic mass is 16.5. The fourth-order valence-electron chi connectivity index (χ4n) is 1.99. The second-order valence-corrected chi connectivity index (χ2v) is 6.47. The zero-order valence-electron chi connectivity index (χ0n) is 15.9. The second kappa shape index (κ2) is 11.0. The molecule has 0 aliphatic carbocycles. The molecule has 1 aromatic rings. The average Bonchev–Trinajstić information content (AvgIpc) is 2.58. The van der Waals surface area contributed by atoms with E-state index in [2.05, 4.69) is 4.98 Å². The highest BCUT2D eigenvalue weighted by molar-refractivity contribution is 5.94. The standard InChI is InChI=1S/C18H30N2O5/c1-18(2,3)25-13-12-24-16-7-6-15(14-19-16)17(21)20(8-10-22-4)9-11-23-5/h6-7,14H,8-13H2,1-5H3. The van der Waals surface area contributed by atoms with Crippen LogP contribution in [0.5, 0.6) is 5.88 Å². The Hall–Kier alpha value is -1.70. The minimum atomic E-state index is -0.194. The molecule has 0 saturated heterocycles. The molecule has 0 aliphatic rings. The number of aromatic nitrogens is 1. The average molecular weight is 354 g/mol. The molecule has 7 nitrogen and oxygen atoms in total. The van der Waals surface area contributed by atoms with Crippen molar-refractivity contribution in [2.75, 3.05) is 53.7 Å². The Labute approximate surface area is 150 Å². The molecule has 0 saturated carbocycles. The molecular weight excluding hydrogens is 324 g/mol. The molecule has 0 bridgehead atoms. The molecule has 1 amide bonds. The third-order valence-electron chi connectivity index (χ3n) is 3.27. The van der Waals surface area contributed by atoms with Gasteiger partial charge < -0.3 is 23.8 Å². The maximum Gasteiger partial charge on any atom is 0.255 e. The van der Waals surface area contributed by atoms with E-state index in [0.717, 1.165) is 0 Å². The minimum absolute atomic E-state index is 0.107. The Balaban J connectivity index is 2.55. The molecule has 0 atom stereocenters. The van der Waals surface area contributed by atoms with E-state index in [1.165, 1.54) is 6.20 Å². The largest absolute Gasteiger partial charge is 0.475 e. The SMILES string of the molecule is COCCN(CCOC)C(=O)c1ccc(OCCOC(C)(C)C)nc1. The topological polar surface area (TPSA) is 70.1 Å². The summed E-state index contributed by atoms with van der Waals surface area (Å²) in [7, 11) is 3.21. The predicted molar refractivity (Wildman–Crippen MR) is 95.1 cm³/mol. The second-order valence-electron chi connectivity index (χ2n) is 6.47. The van der Waals surface area contributed by atoms with E-state index in [4.69, 9.17) is 18.9 Å². The van der Waals surface area contributed by atoms with Crippen molar-refractivity contribution in [2.45, 2.75) is 26.4 Å². The zero-order chi connectivity index (χ0) is 18.7. The lowest BCUT2D eigenvalue weighted by molar-refractivity contribution is -0.0168. The van der Waals surface area contributed by atoms with Gasteiger partial charge in [0.05, 0.1) is 31.0 Å². The summed E-state index contributed by atoms with van der Waals surface area (Å²) in [5.74, 6) is 0.360. The van der Waals surface area contributed by atoms with Crippen molar-refractivity contribution in [1.29, 1.82) is 0 Å². The number of carbonyl (C=O) groups is 1. The summed E-state index contributed by atoms with van der Waals surface area (Å²) in [5.41, 5.74) is 0.312. The van der Waals surface area contributed by atoms with E-state index in [0.29, 0.717) is 51.0 Å². The van der Waals surface area contributed by atoms with Gasteiger partial charge in [-0.3, -0.25) is 4.79 Å². The summed E-state index contributed by atoms with van der Waals surface area (Å²) >= 11 is 0. The van der Waals surface area contributed by atoms with Gasteiger partial charge in [0, 0.05) is 39.6 Å². The molecule has 0 unspecified atom stereocenters. The number of nitrogens with zero attached hydrogens (tertiary/aromatic N) is 2. The van der Waals surface area contributed by atoms with Gasteiger partial charge in [0.1, 0.15) is 6.61 Å². The third-order valence-corrected chi connectivity index (χ3v) is 3.27. The van der Waals surface area contributed by atoms with Crippen molar-refractivity contribution in [3.05, 3.63) is 23.9 Å². The Morgan fingerprint density at radius 1 is 1.04 bits per heavy atom. The van der Waals surface area contributed by atoms with E-state index in [1.807, 2.05) is 20.8 Å². The van der Waals surface area contributed by atoms with Crippen LogP contribution in [-0.2, 0) is 14.2 Å². The number of ether oxygens (including phenoxy) is 4. The highest BCUT2D eigenvalue weighted by Crippen LogP contribution is 2.11. The van der Waals surface area contributed by atoms with Crippen molar-refractivity contribution in [3.8, 4) is 5.88 Å². The Kier molecular flexibility index (Phi) is 9.41. The van der Waals surface area contributed by atoms with E-state index in [9.17, 15) is 4.79 Å². The van der Waals surface area contributed by atoms with Gasteiger partial charge in [0.25, 0.3) is 5.91 Å². The summed E-state index contributed by atoms with van der Waals surface area (Å²) in [6, 6.07) is 3.40. The molecule has 0 fully saturated rings. The molecule has 142 valence electrons. The summed E-state index contributed by atoms with van der Waals surface area (Å²) in [6.45, 7) is 8.80. The van der Waals surface area contributed by atoms with Crippen molar-refractivity contribution in [2.24, 2.45) is 0 Å². The molecule has 0 aliphatic heterocycles. The third kappa shape index (κ3) is 8.81. The van der Waals surface area contributed by atoms with Crippen LogP contribution in [0.3, 0.4) is 0 Å². The summed E-state index contributed by atoms with van der Waals surface area (Å²) < 4.78 is 21.2. The van der Waals surface area contributed by atoms with Gasteiger partial charge >= 0.3 is 0 Å². The molecule has 1 rings (SSSR count). The van der Waals surface area contributed by atoms with Crippen LogP contribution in [0, 0.1) is 0 Å². The minimum Gasteiger partial charge on any atom is -0.475 e. The predicted octanol–water partition coefficient (Wildman–Crippen LogP) is 2.01. The molecular formula is C18H30N2O5. The van der Waals surface area contributed by atoms with Gasteiger partial charge in [-0.05, 0) is 26.8 Å². The van der Waals surface area contributed by atoms with Gasteiger partial charge in [-0.2, -0.15) is 0 Å². The number of methoxy groups -OCH3 is 2. The summed E-state index contributed by atoms with van der Waals surface area (Å²) in [5, 5.41) is 0. The molecule has 0 spiro atoms. The fraction of sp³-hybridized carbons (Fsp3) is 0.667. The van der Waals surface area contributed by atoms with Crippen molar-refractivity contribution < 1.29 is 23.7 Å². The number of rotatable bonds is 11. The van der Waals surface area contributed by atoms with Crippen LogP contribution >= 0.6 is 0 Å². The molecule has 0 N–H and O–H groups in total. The monoisotopic (exact) mass is 354 g/mol. The molecule has 1 aromatic heterocycles. The van der Waals surface area contributed by atoms with Crippen LogP contribution in [0.2, 0.25) is 0 Å². The molecule has 7 heteroatoms. The van der Waals surface area contributed by atoms with Crippen LogP contribution in [0.4, 0.5) is 0 Å². The van der Waals surface area contributed by atoms with Crippen LogP contribution in [0.1, 0.15) is 31.1 Å². The fourth-order valence-corrected chi connectivity index (χ4v) is 1.99. The molecule has 1 heterocycles. The number of hydrogen-bond donors (Lipinski definition) is 0. The van der Waals surface area contributed by atoms with E-state index in [-0.39, 0.29) is 11.5 Å². The Morgan fingerprint density at radius 3 is 2.16 bits per heavy atom. The maximum atomic E-state index is 12.6. The van der Waals surface area contributed by atoms with Crippen LogP contribution in [0.25, 0.3) is 0 Å². The van der Waals surface area contributed by atoms with Gasteiger partial charge in [-0.15, -0.1) is 0 Å². The first-order valence-electron chi connectivity index (χ1n) is 8.37. The lowest BCUT2D eigenvalue weighted by Gasteiger charge is -2.22. The van der Waals surface area contributed by atoms with E-state index in [1.54, 1.807) is 31.3 Å². The van der Waals surface area contributed by atoms with E-state index >= 15 is 0 Å². The first kappa shape index (κ1) is 21.3. The molecule has 0 aromatic carbocycles. The van der Waals surface area contributed by atoms with Crippen LogP contribution in [0.15, 0.2) is 18.3 Å². The zero-order valence-corrected chi connectivity index (χ0v) is 15.9. The van der Waals surface area contributed by atoms with E-state index < -0.39 is 0 Å². The van der Waals surface area contributed by atoms with Gasteiger partial charge in [-0.25, -0.2) is 4.98 Å². The summed E-state index contributed by atoms with van der Waals surface area (Å²) in [4.78, 5) is 18.4. The Bertz CT molecular complexity index is 491. The van der Waals surface area contributed by atoms with Gasteiger partial charge in [0.2, 0.25) is 5.88 Å². The lowest BCUT2D eigenvalue weighted by Crippen LogP contribution is -2.36. The molecule has 0 radical (unpaired) electrons. The first-order valence-corrected chi connectivity index (χ1v) is 8.37. The molecule has 25 heavy (non-hydrogen) atoms. The van der Waals surface area contributed by atoms with Crippen LogP contribution in [-0.4, -0.2) is 75.1 Å². The summed E-state index contributed by atoms with van der Waals surface area (Å²) in [6.07, 6.45) is 1.52. The number of amides is 1. The van der Waals surface area contributed by atoms with Crippen LogP contribution < -0.4 is 4.74 Å². The van der Waals surface area contributed by atoms with Gasteiger partial charge in [0.15, 0.2) is 0 Å². The number of hydrogen-bond acceptors (Lipinski definition) is 6. The quantitative estimate of drug-likeness (QED) is 0.566. The highest BCUT2D eigenvalue weighted by Gasteiger charge is 2.16. The lowest BCUT2D eigenvalue weighted by atomic mass is 10.2. The first-order chi connectivity index (χ1) is 11.9. The maximum absolute atomic E-state index is 12.6. The van der Waals surface area contributed by atoms with Crippen molar-refractivity contribution in [1.82, 2.24) is 9.88 Å². The Morgan fingerprint density at radius 2 is 1.68 bits per heavy atom. The number of pyridine rings is 1. The normalized spacial score (nSPS) is 11.4. The van der Waals surface area contributed by atoms with Gasteiger partial charge in [-0.1, -0.05) is 0 Å². The van der Waals surface area contributed by atoms with Crippen molar-refractivity contribution in [3.63, 3.8) is 0 Å². The van der Waals surface area contributed by atoms with Crippen molar-refractivity contribution >= 4 is 5.91 Å².